The molecule has 2 saturated heterocycles. The molecule has 0 radical (unpaired) electrons. The van der Waals surface area contributed by atoms with Gasteiger partial charge in [-0.15, -0.1) is 0 Å². The number of amides is 1. The van der Waals surface area contributed by atoms with Crippen molar-refractivity contribution in [3.63, 3.8) is 0 Å². The van der Waals surface area contributed by atoms with Gasteiger partial charge < -0.3 is 10.4 Å². The van der Waals surface area contributed by atoms with Crippen LogP contribution >= 0.6 is 0 Å². The number of benzene rings is 1. The number of halogens is 1. The van der Waals surface area contributed by atoms with Gasteiger partial charge in [0.05, 0.1) is 0 Å². The second kappa shape index (κ2) is 5.64. The Morgan fingerprint density at radius 3 is 2.71 bits per heavy atom. The van der Waals surface area contributed by atoms with E-state index in [9.17, 15) is 9.18 Å². The number of carbonyl (C=O) groups excluding carboxylic acids is 1. The molecule has 0 aromatic heterocycles. The maximum Gasteiger partial charge on any atom is 0.251 e. The molecule has 0 bridgehead atoms. The second-order valence-electron chi connectivity index (χ2n) is 6.09. The minimum atomic E-state index is -0.765. The van der Waals surface area contributed by atoms with Crippen molar-refractivity contribution in [3.8, 4) is 5.75 Å². The summed E-state index contributed by atoms with van der Waals surface area (Å²) in [6.45, 7) is 2.96. The maximum absolute atomic E-state index is 13.2. The number of hydrogen-bond donors (Lipinski definition) is 2. The number of aromatic hydroxyl groups is 1. The molecule has 0 spiro atoms. The number of phenolic OH excluding ortho intramolecular Hbond substituents is 1. The summed E-state index contributed by atoms with van der Waals surface area (Å²) in [4.78, 5) is 14.6. The van der Waals surface area contributed by atoms with E-state index in [0.717, 1.165) is 12.5 Å². The molecule has 2 aliphatic rings. The molecule has 5 heteroatoms. The van der Waals surface area contributed by atoms with Crippen LogP contribution in [0.4, 0.5) is 4.39 Å². The number of hydrogen-bond acceptors (Lipinski definition) is 3. The van der Waals surface area contributed by atoms with Crippen molar-refractivity contribution in [1.82, 2.24) is 10.2 Å². The Kier molecular flexibility index (Phi) is 3.85. The highest BCUT2D eigenvalue weighted by molar-refractivity contribution is 5.94. The minimum Gasteiger partial charge on any atom is -0.505 e. The number of fused-ring (bicyclic) bond motifs is 1. The zero-order chi connectivity index (χ0) is 14.9. The number of rotatable bonds is 4. The predicted molar refractivity (Wildman–Crippen MR) is 77.8 cm³/mol. The Bertz CT molecular complexity index is 537. The van der Waals surface area contributed by atoms with Crippen LogP contribution in [0.25, 0.3) is 0 Å². The Morgan fingerprint density at radius 2 is 2.05 bits per heavy atom. The average Bonchev–Trinajstić information content (AvgIpc) is 3.01. The van der Waals surface area contributed by atoms with E-state index in [2.05, 4.69) is 10.2 Å². The van der Waals surface area contributed by atoms with E-state index < -0.39 is 11.6 Å². The summed E-state index contributed by atoms with van der Waals surface area (Å²) >= 11 is 0. The molecular weight excluding hydrogens is 271 g/mol. The zero-order valence-electron chi connectivity index (χ0n) is 12.1. The van der Waals surface area contributed by atoms with E-state index in [-0.39, 0.29) is 17.0 Å². The van der Waals surface area contributed by atoms with Gasteiger partial charge in [0.1, 0.15) is 0 Å². The summed E-state index contributed by atoms with van der Waals surface area (Å²) in [5.41, 5.74) is 0.533. The number of nitrogens with zero attached hydrogens (tertiary/aromatic N) is 1. The van der Waals surface area contributed by atoms with Crippen molar-refractivity contribution in [3.05, 3.63) is 29.6 Å². The first-order chi connectivity index (χ1) is 10.1. The predicted octanol–water partition coefficient (Wildman–Crippen LogP) is 2.28. The summed E-state index contributed by atoms with van der Waals surface area (Å²) < 4.78 is 13.2. The fourth-order valence-corrected chi connectivity index (χ4v) is 3.79. The van der Waals surface area contributed by atoms with Gasteiger partial charge in [-0.1, -0.05) is 0 Å². The molecule has 0 aliphatic carbocycles. The lowest BCUT2D eigenvalue weighted by atomic mass is 9.90. The Labute approximate surface area is 124 Å². The smallest absolute Gasteiger partial charge is 0.251 e. The normalized spacial score (nSPS) is 20.4. The molecule has 114 valence electrons. The summed E-state index contributed by atoms with van der Waals surface area (Å²) in [6.07, 6.45) is 5.89. The molecule has 1 aromatic rings. The van der Waals surface area contributed by atoms with Crippen LogP contribution in [0.3, 0.4) is 0 Å². The Morgan fingerprint density at radius 1 is 1.33 bits per heavy atom. The van der Waals surface area contributed by atoms with Crippen molar-refractivity contribution < 1.29 is 14.3 Å². The van der Waals surface area contributed by atoms with Crippen LogP contribution in [0, 0.1) is 5.82 Å². The topological polar surface area (TPSA) is 52.6 Å². The molecule has 2 aliphatic heterocycles. The fourth-order valence-electron chi connectivity index (χ4n) is 3.79. The van der Waals surface area contributed by atoms with Gasteiger partial charge in [-0.3, -0.25) is 9.69 Å². The lowest BCUT2D eigenvalue weighted by Crippen LogP contribution is -2.41. The van der Waals surface area contributed by atoms with Crippen molar-refractivity contribution in [2.24, 2.45) is 0 Å². The fraction of sp³-hybridized carbons (Fsp3) is 0.562. The maximum atomic E-state index is 13.2. The molecule has 0 saturated carbocycles. The summed E-state index contributed by atoms with van der Waals surface area (Å²) in [5.74, 6) is -1.48. The van der Waals surface area contributed by atoms with Crippen molar-refractivity contribution in [2.75, 3.05) is 19.6 Å². The van der Waals surface area contributed by atoms with Gasteiger partial charge >= 0.3 is 0 Å². The average molecular weight is 292 g/mol. The summed E-state index contributed by atoms with van der Waals surface area (Å²) in [7, 11) is 0. The summed E-state index contributed by atoms with van der Waals surface area (Å²) in [6, 6.07) is 3.71. The van der Waals surface area contributed by atoms with Crippen LogP contribution < -0.4 is 5.32 Å². The van der Waals surface area contributed by atoms with Crippen LogP contribution in [-0.4, -0.2) is 41.1 Å². The van der Waals surface area contributed by atoms with Crippen molar-refractivity contribution >= 4 is 5.91 Å². The highest BCUT2D eigenvalue weighted by atomic mass is 19.1. The van der Waals surface area contributed by atoms with Crippen molar-refractivity contribution in [1.29, 1.82) is 0 Å². The first kappa shape index (κ1) is 14.3. The van der Waals surface area contributed by atoms with Gasteiger partial charge in [-0.05, 0) is 63.4 Å². The molecule has 0 unspecified atom stereocenters. The zero-order valence-corrected chi connectivity index (χ0v) is 12.1. The Balaban J connectivity index is 1.55. The van der Waals surface area contributed by atoms with Crippen molar-refractivity contribution in [2.45, 2.75) is 37.6 Å². The number of carbonyl (C=O) groups is 1. The van der Waals surface area contributed by atoms with Crippen LogP contribution in [0.1, 0.15) is 42.5 Å². The molecule has 2 N–H and O–H groups in total. The first-order valence-corrected chi connectivity index (χ1v) is 7.63. The lowest BCUT2D eigenvalue weighted by Gasteiger charge is -2.32. The van der Waals surface area contributed by atoms with Gasteiger partial charge in [-0.25, -0.2) is 4.39 Å². The van der Waals surface area contributed by atoms with E-state index >= 15 is 0 Å². The lowest BCUT2D eigenvalue weighted by molar-refractivity contribution is 0.0942. The van der Waals surface area contributed by atoms with Crippen LogP contribution in [-0.2, 0) is 0 Å². The molecule has 0 atom stereocenters. The third-order valence-corrected chi connectivity index (χ3v) is 4.90. The standard InChI is InChI=1S/C16H21FN2O2/c17-13-11-12(3-4-14(13)20)15(21)18-8-7-16-5-1-9-19(16)10-2-6-16/h3-4,11,20H,1-2,5-10H2,(H,18,21). The monoisotopic (exact) mass is 292 g/mol. The van der Waals surface area contributed by atoms with E-state index in [0.29, 0.717) is 6.54 Å². The van der Waals surface area contributed by atoms with Crippen LogP contribution in [0.5, 0.6) is 5.75 Å². The Hall–Kier alpha value is -1.62. The molecule has 4 nitrogen and oxygen atoms in total. The molecule has 1 aromatic carbocycles. The highest BCUT2D eigenvalue weighted by Crippen LogP contribution is 2.40. The highest BCUT2D eigenvalue weighted by Gasteiger charge is 2.43. The van der Waals surface area contributed by atoms with Gasteiger partial charge in [-0.2, -0.15) is 0 Å². The van der Waals surface area contributed by atoms with E-state index in [4.69, 9.17) is 5.11 Å². The summed E-state index contributed by atoms with van der Waals surface area (Å²) in [5, 5.41) is 12.0. The van der Waals surface area contributed by atoms with E-state index in [1.165, 1.54) is 50.9 Å². The van der Waals surface area contributed by atoms with Gasteiger partial charge in [0.25, 0.3) is 5.91 Å². The molecular formula is C16H21FN2O2. The van der Waals surface area contributed by atoms with Gasteiger partial charge in [0, 0.05) is 17.6 Å². The third kappa shape index (κ3) is 2.75. The molecule has 2 heterocycles. The quantitative estimate of drug-likeness (QED) is 0.895. The molecule has 2 fully saturated rings. The first-order valence-electron chi connectivity index (χ1n) is 7.63. The molecule has 21 heavy (non-hydrogen) atoms. The molecule has 3 rings (SSSR count). The van der Waals surface area contributed by atoms with E-state index in [1.807, 2.05) is 0 Å². The van der Waals surface area contributed by atoms with Crippen LogP contribution in [0.15, 0.2) is 18.2 Å². The second-order valence-corrected chi connectivity index (χ2v) is 6.09. The largest absolute Gasteiger partial charge is 0.505 e. The number of phenols is 1. The third-order valence-electron chi connectivity index (χ3n) is 4.90. The van der Waals surface area contributed by atoms with E-state index in [1.54, 1.807) is 0 Å². The minimum absolute atomic E-state index is 0.248. The van der Waals surface area contributed by atoms with Gasteiger partial charge in [0.2, 0.25) is 0 Å². The van der Waals surface area contributed by atoms with Crippen LogP contribution in [0.2, 0.25) is 0 Å². The molecule has 1 amide bonds. The number of nitrogens with one attached hydrogen (secondary N) is 1. The van der Waals surface area contributed by atoms with Gasteiger partial charge in [0.15, 0.2) is 11.6 Å². The SMILES string of the molecule is O=C(NCCC12CCCN1CCC2)c1ccc(O)c(F)c1.